The maximum atomic E-state index is 13.4. The zero-order valence-electron chi connectivity index (χ0n) is 9.03. The Kier molecular flexibility index (Phi) is 3.29. The Balaban J connectivity index is 1.98. The predicted octanol–water partition coefficient (Wildman–Crippen LogP) is 2.09. The molecule has 1 aromatic rings. The van der Waals surface area contributed by atoms with Crippen LogP contribution in [0, 0.1) is 5.82 Å². The van der Waals surface area contributed by atoms with E-state index in [9.17, 15) is 9.50 Å². The van der Waals surface area contributed by atoms with Crippen LogP contribution >= 0.6 is 0 Å². The topological polar surface area (TPSA) is 55.5 Å². The highest BCUT2D eigenvalue weighted by atomic mass is 19.1. The van der Waals surface area contributed by atoms with Crippen LogP contribution in [0.25, 0.3) is 0 Å². The molecule has 0 unspecified atom stereocenters. The quantitative estimate of drug-likeness (QED) is 0.758. The number of aliphatic hydroxyl groups is 1. The summed E-state index contributed by atoms with van der Waals surface area (Å²) in [4.78, 5) is 0. The third kappa shape index (κ3) is 2.64. The van der Waals surface area contributed by atoms with Crippen molar-refractivity contribution in [1.82, 2.24) is 0 Å². The van der Waals surface area contributed by atoms with E-state index in [2.05, 4.69) is 0 Å². The second kappa shape index (κ2) is 4.70. The summed E-state index contributed by atoms with van der Waals surface area (Å²) in [5.41, 5.74) is 5.84. The Labute approximate surface area is 94.0 Å². The van der Waals surface area contributed by atoms with Gasteiger partial charge in [0.25, 0.3) is 0 Å². The van der Waals surface area contributed by atoms with Gasteiger partial charge >= 0.3 is 0 Å². The summed E-state index contributed by atoms with van der Waals surface area (Å²) in [5.74, 6) is -0.179. The first kappa shape index (κ1) is 11.2. The van der Waals surface area contributed by atoms with Crippen molar-refractivity contribution < 1.29 is 14.2 Å². The molecule has 2 rings (SSSR count). The number of hydrogen-bond acceptors (Lipinski definition) is 3. The second-order valence-electron chi connectivity index (χ2n) is 4.24. The van der Waals surface area contributed by atoms with Gasteiger partial charge in [0.2, 0.25) is 0 Å². The minimum absolute atomic E-state index is 0.00141. The highest BCUT2D eigenvalue weighted by molar-refractivity contribution is 5.42. The van der Waals surface area contributed by atoms with Crippen molar-refractivity contribution in [3.63, 3.8) is 0 Å². The summed E-state index contributed by atoms with van der Waals surface area (Å²) in [5, 5.41) is 9.34. The molecule has 4 heteroatoms. The number of halogens is 1. The Hall–Kier alpha value is -1.29. The molecule has 0 bridgehead atoms. The normalized spacial score (nSPS) is 25.4. The average Bonchev–Trinajstić information content (AvgIpc) is 2.25. The molecule has 0 saturated heterocycles. The molecule has 0 amide bonds. The van der Waals surface area contributed by atoms with Crippen molar-refractivity contribution in [3.05, 3.63) is 24.0 Å². The number of nitrogens with two attached hydrogens (primary N) is 1. The Morgan fingerprint density at radius 1 is 1.25 bits per heavy atom. The van der Waals surface area contributed by atoms with Gasteiger partial charge in [-0.05, 0) is 37.8 Å². The number of rotatable bonds is 2. The lowest BCUT2D eigenvalue weighted by atomic mass is 9.95. The van der Waals surface area contributed by atoms with E-state index in [4.69, 9.17) is 10.5 Å². The van der Waals surface area contributed by atoms with Crippen molar-refractivity contribution in [3.8, 4) is 5.75 Å². The van der Waals surface area contributed by atoms with E-state index in [1.54, 1.807) is 12.1 Å². The third-order valence-corrected chi connectivity index (χ3v) is 2.89. The van der Waals surface area contributed by atoms with Crippen LogP contribution < -0.4 is 10.5 Å². The SMILES string of the molecule is Nc1ccc(OC2CCC(O)CC2)c(F)c1. The molecule has 1 aliphatic rings. The fourth-order valence-corrected chi connectivity index (χ4v) is 1.96. The van der Waals surface area contributed by atoms with Crippen molar-refractivity contribution >= 4 is 5.69 Å². The molecule has 1 fully saturated rings. The van der Waals surface area contributed by atoms with Crippen molar-refractivity contribution in [2.45, 2.75) is 37.9 Å². The Morgan fingerprint density at radius 2 is 1.94 bits per heavy atom. The first-order valence-corrected chi connectivity index (χ1v) is 5.55. The highest BCUT2D eigenvalue weighted by Gasteiger charge is 2.21. The number of ether oxygens (including phenoxy) is 1. The molecule has 0 radical (unpaired) electrons. The molecule has 1 aliphatic carbocycles. The Morgan fingerprint density at radius 3 is 2.56 bits per heavy atom. The number of aliphatic hydroxyl groups excluding tert-OH is 1. The van der Waals surface area contributed by atoms with Gasteiger partial charge in [-0.2, -0.15) is 0 Å². The third-order valence-electron chi connectivity index (χ3n) is 2.89. The van der Waals surface area contributed by atoms with Gasteiger partial charge in [-0.25, -0.2) is 4.39 Å². The number of anilines is 1. The van der Waals surface area contributed by atoms with Crippen LogP contribution in [0.4, 0.5) is 10.1 Å². The van der Waals surface area contributed by atoms with E-state index in [1.807, 2.05) is 0 Å². The summed E-state index contributed by atoms with van der Waals surface area (Å²) in [6, 6.07) is 4.43. The predicted molar refractivity (Wildman–Crippen MR) is 59.7 cm³/mol. The first-order valence-electron chi connectivity index (χ1n) is 5.55. The number of hydrogen-bond donors (Lipinski definition) is 2. The van der Waals surface area contributed by atoms with Gasteiger partial charge < -0.3 is 15.6 Å². The molecule has 1 saturated carbocycles. The van der Waals surface area contributed by atoms with Gasteiger partial charge in [-0.15, -0.1) is 0 Å². The van der Waals surface area contributed by atoms with E-state index < -0.39 is 5.82 Å². The van der Waals surface area contributed by atoms with E-state index in [0.29, 0.717) is 5.69 Å². The van der Waals surface area contributed by atoms with Crippen LogP contribution in [0.3, 0.4) is 0 Å². The van der Waals surface area contributed by atoms with Gasteiger partial charge in [0.1, 0.15) is 0 Å². The number of nitrogen functional groups attached to an aromatic ring is 1. The lowest BCUT2D eigenvalue weighted by Crippen LogP contribution is -2.26. The maximum Gasteiger partial charge on any atom is 0.167 e. The van der Waals surface area contributed by atoms with Gasteiger partial charge in [-0.1, -0.05) is 0 Å². The van der Waals surface area contributed by atoms with Gasteiger partial charge in [-0.3, -0.25) is 0 Å². The summed E-state index contributed by atoms with van der Waals surface area (Å²) in [6.45, 7) is 0. The minimum Gasteiger partial charge on any atom is -0.487 e. The molecule has 0 heterocycles. The van der Waals surface area contributed by atoms with Crippen LogP contribution in [0.1, 0.15) is 25.7 Å². The molecule has 0 atom stereocenters. The average molecular weight is 225 g/mol. The van der Waals surface area contributed by atoms with E-state index in [0.717, 1.165) is 25.7 Å². The molecule has 88 valence electrons. The summed E-state index contributed by atoms with van der Waals surface area (Å²) < 4.78 is 19.0. The minimum atomic E-state index is -0.425. The molecule has 3 N–H and O–H groups in total. The maximum absolute atomic E-state index is 13.4. The van der Waals surface area contributed by atoms with Crippen molar-refractivity contribution in [1.29, 1.82) is 0 Å². The van der Waals surface area contributed by atoms with Crippen LogP contribution in [-0.2, 0) is 0 Å². The zero-order valence-corrected chi connectivity index (χ0v) is 9.03. The highest BCUT2D eigenvalue weighted by Crippen LogP contribution is 2.26. The van der Waals surface area contributed by atoms with Crippen molar-refractivity contribution in [2.75, 3.05) is 5.73 Å². The summed E-state index contributed by atoms with van der Waals surface area (Å²) in [7, 11) is 0. The lowest BCUT2D eigenvalue weighted by Gasteiger charge is -2.26. The van der Waals surface area contributed by atoms with E-state index >= 15 is 0 Å². The molecular weight excluding hydrogens is 209 g/mol. The van der Waals surface area contributed by atoms with E-state index in [-0.39, 0.29) is 18.0 Å². The smallest absolute Gasteiger partial charge is 0.167 e. The first-order chi connectivity index (χ1) is 7.65. The number of benzene rings is 1. The van der Waals surface area contributed by atoms with Gasteiger partial charge in [0.05, 0.1) is 12.2 Å². The van der Waals surface area contributed by atoms with Gasteiger partial charge in [0.15, 0.2) is 11.6 Å². The van der Waals surface area contributed by atoms with Crippen LogP contribution in [0.5, 0.6) is 5.75 Å². The fraction of sp³-hybridized carbons (Fsp3) is 0.500. The monoisotopic (exact) mass is 225 g/mol. The van der Waals surface area contributed by atoms with Gasteiger partial charge in [0, 0.05) is 11.8 Å². The molecule has 16 heavy (non-hydrogen) atoms. The molecule has 0 spiro atoms. The van der Waals surface area contributed by atoms with Crippen molar-refractivity contribution in [2.24, 2.45) is 0 Å². The Bertz CT molecular complexity index is 362. The molecule has 1 aromatic carbocycles. The molecule has 3 nitrogen and oxygen atoms in total. The molecule has 0 aromatic heterocycles. The fourth-order valence-electron chi connectivity index (χ4n) is 1.96. The standard InChI is InChI=1S/C12H16FNO2/c13-11-7-8(14)1-6-12(11)16-10-4-2-9(15)3-5-10/h1,6-7,9-10,15H,2-5,14H2. The van der Waals surface area contributed by atoms with E-state index in [1.165, 1.54) is 6.07 Å². The van der Waals surface area contributed by atoms with Crippen LogP contribution in [0.2, 0.25) is 0 Å². The summed E-state index contributed by atoms with van der Waals surface area (Å²) in [6.07, 6.45) is 2.76. The summed E-state index contributed by atoms with van der Waals surface area (Å²) >= 11 is 0. The van der Waals surface area contributed by atoms with Crippen LogP contribution in [-0.4, -0.2) is 17.3 Å². The molecule has 0 aliphatic heterocycles. The largest absolute Gasteiger partial charge is 0.487 e. The lowest BCUT2D eigenvalue weighted by molar-refractivity contribution is 0.0647. The zero-order chi connectivity index (χ0) is 11.5. The second-order valence-corrected chi connectivity index (χ2v) is 4.24. The van der Waals surface area contributed by atoms with Crippen LogP contribution in [0.15, 0.2) is 18.2 Å². The molecular formula is C12H16FNO2.